The van der Waals surface area contributed by atoms with Crippen LogP contribution in [0.25, 0.3) is 11.5 Å². The van der Waals surface area contributed by atoms with Crippen molar-refractivity contribution < 1.29 is 14.1 Å². The van der Waals surface area contributed by atoms with E-state index in [9.17, 15) is 9.59 Å². The Morgan fingerprint density at radius 2 is 2.00 bits per heavy atom. The number of likely N-dealkylation sites (tertiary alicyclic amines) is 1. The van der Waals surface area contributed by atoms with E-state index in [-0.39, 0.29) is 23.0 Å². The molecule has 1 fully saturated rings. The van der Waals surface area contributed by atoms with E-state index in [0.29, 0.717) is 13.1 Å². The highest BCUT2D eigenvalue weighted by atomic mass is 16.5. The van der Waals surface area contributed by atoms with Gasteiger partial charge < -0.3 is 14.7 Å². The molecule has 0 spiro atoms. The lowest BCUT2D eigenvalue weighted by molar-refractivity contribution is -0.132. The average molecular weight is 342 g/mol. The van der Waals surface area contributed by atoms with Gasteiger partial charge in [-0.05, 0) is 30.9 Å². The lowest BCUT2D eigenvalue weighted by Crippen LogP contribution is -2.46. The molecule has 25 heavy (non-hydrogen) atoms. The van der Waals surface area contributed by atoms with Crippen molar-refractivity contribution in [1.82, 2.24) is 20.4 Å². The summed E-state index contributed by atoms with van der Waals surface area (Å²) in [6.07, 6.45) is 0.963. The van der Waals surface area contributed by atoms with Crippen LogP contribution in [0.2, 0.25) is 0 Å². The first-order valence-electron chi connectivity index (χ1n) is 8.34. The lowest BCUT2D eigenvalue weighted by Gasteiger charge is -2.23. The van der Waals surface area contributed by atoms with Gasteiger partial charge in [-0.25, -0.2) is 0 Å². The summed E-state index contributed by atoms with van der Waals surface area (Å²) in [5, 5.41) is 6.35. The van der Waals surface area contributed by atoms with Crippen LogP contribution in [0.15, 0.2) is 34.9 Å². The summed E-state index contributed by atoms with van der Waals surface area (Å²) < 4.78 is 5.12. The van der Waals surface area contributed by atoms with Crippen LogP contribution in [-0.2, 0) is 4.79 Å². The summed E-state index contributed by atoms with van der Waals surface area (Å²) in [6.45, 7) is 7.35. The normalized spacial score (nSPS) is 17.3. The Balaban J connectivity index is 1.62. The molecule has 3 rings (SSSR count). The molecular weight excluding hydrogens is 320 g/mol. The van der Waals surface area contributed by atoms with E-state index in [1.165, 1.54) is 0 Å². The van der Waals surface area contributed by atoms with Gasteiger partial charge in [-0.1, -0.05) is 37.2 Å². The zero-order valence-electron chi connectivity index (χ0n) is 14.7. The molecule has 1 N–H and O–H groups in total. The molecule has 7 heteroatoms. The fraction of sp³-hybridized carbons (Fsp3) is 0.444. The number of nitrogens with one attached hydrogen (secondary N) is 1. The monoisotopic (exact) mass is 342 g/mol. The predicted molar refractivity (Wildman–Crippen MR) is 91.6 cm³/mol. The van der Waals surface area contributed by atoms with Crippen molar-refractivity contribution in [2.24, 2.45) is 5.41 Å². The third kappa shape index (κ3) is 3.87. The molecule has 1 aliphatic rings. The topological polar surface area (TPSA) is 88.3 Å². The third-order valence-electron chi connectivity index (χ3n) is 4.36. The van der Waals surface area contributed by atoms with Gasteiger partial charge in [0.15, 0.2) is 0 Å². The van der Waals surface area contributed by atoms with Crippen molar-refractivity contribution in [2.45, 2.75) is 33.2 Å². The van der Waals surface area contributed by atoms with Gasteiger partial charge in [-0.2, -0.15) is 4.98 Å². The van der Waals surface area contributed by atoms with Gasteiger partial charge in [0.2, 0.25) is 5.91 Å². The van der Waals surface area contributed by atoms with Crippen LogP contribution in [-0.4, -0.2) is 46.0 Å². The first-order valence-corrected chi connectivity index (χ1v) is 8.34. The van der Waals surface area contributed by atoms with Crippen LogP contribution in [0.4, 0.5) is 0 Å². The Labute approximate surface area is 146 Å². The first-order chi connectivity index (χ1) is 11.9. The molecule has 1 saturated heterocycles. The maximum Gasteiger partial charge on any atom is 0.293 e. The number of carbonyl (C=O) groups excluding carboxylic acids is 2. The van der Waals surface area contributed by atoms with Crippen LogP contribution >= 0.6 is 0 Å². The smallest absolute Gasteiger partial charge is 0.293 e. The number of carbonyl (C=O) groups is 2. The number of nitrogens with zero attached hydrogens (tertiary/aromatic N) is 3. The van der Waals surface area contributed by atoms with E-state index >= 15 is 0 Å². The molecule has 0 saturated carbocycles. The molecule has 132 valence electrons. The molecule has 2 aromatic rings. The molecule has 0 unspecified atom stereocenters. The van der Waals surface area contributed by atoms with E-state index in [1.807, 2.05) is 30.3 Å². The zero-order chi connectivity index (χ0) is 18.0. The van der Waals surface area contributed by atoms with Crippen molar-refractivity contribution in [3.05, 3.63) is 36.2 Å². The molecular formula is C18H22N4O3. The molecule has 7 nitrogen and oxygen atoms in total. The van der Waals surface area contributed by atoms with Crippen molar-refractivity contribution >= 4 is 11.8 Å². The SMILES string of the molecule is C[C@H](NC(=O)c1noc(-c2ccccc2)n1)C(=O)N1CCC(C)(C)C1. The van der Waals surface area contributed by atoms with Crippen molar-refractivity contribution in [2.75, 3.05) is 13.1 Å². The van der Waals surface area contributed by atoms with Crippen molar-refractivity contribution in [3.63, 3.8) is 0 Å². The second kappa shape index (κ2) is 6.66. The minimum Gasteiger partial charge on any atom is -0.340 e. The van der Waals surface area contributed by atoms with Crippen LogP contribution in [0.5, 0.6) is 0 Å². The van der Waals surface area contributed by atoms with Crippen LogP contribution in [0.1, 0.15) is 37.8 Å². The maximum absolute atomic E-state index is 12.5. The van der Waals surface area contributed by atoms with E-state index in [1.54, 1.807) is 11.8 Å². The van der Waals surface area contributed by atoms with Crippen LogP contribution < -0.4 is 5.32 Å². The summed E-state index contributed by atoms with van der Waals surface area (Å²) >= 11 is 0. The number of benzene rings is 1. The molecule has 1 aliphatic heterocycles. The van der Waals surface area contributed by atoms with E-state index in [0.717, 1.165) is 12.0 Å². The number of amides is 2. The highest BCUT2D eigenvalue weighted by Crippen LogP contribution is 2.29. The van der Waals surface area contributed by atoms with Crippen LogP contribution in [0, 0.1) is 5.41 Å². The Kier molecular flexibility index (Phi) is 4.57. The van der Waals surface area contributed by atoms with Crippen molar-refractivity contribution in [3.8, 4) is 11.5 Å². The highest BCUT2D eigenvalue weighted by molar-refractivity contribution is 5.94. The minimum atomic E-state index is -0.639. The standard InChI is InChI=1S/C18H22N4O3/c1-12(17(24)22-10-9-18(2,3)11-22)19-15(23)14-20-16(25-21-14)13-7-5-4-6-8-13/h4-8,12H,9-11H2,1-3H3,(H,19,23)/t12-/m0/s1. The average Bonchev–Trinajstić information content (AvgIpc) is 3.21. The van der Waals surface area contributed by atoms with Gasteiger partial charge in [-0.3, -0.25) is 9.59 Å². The minimum absolute atomic E-state index is 0.0831. The number of rotatable bonds is 4. The van der Waals surface area contributed by atoms with Gasteiger partial charge in [0, 0.05) is 18.7 Å². The summed E-state index contributed by atoms with van der Waals surface area (Å²) in [5.74, 6) is -0.429. The van der Waals surface area contributed by atoms with E-state index in [4.69, 9.17) is 4.52 Å². The molecule has 1 aromatic carbocycles. The van der Waals surface area contributed by atoms with Crippen molar-refractivity contribution in [1.29, 1.82) is 0 Å². The Hall–Kier alpha value is -2.70. The quantitative estimate of drug-likeness (QED) is 0.919. The molecule has 2 amide bonds. The second-order valence-electron chi connectivity index (χ2n) is 7.16. The van der Waals surface area contributed by atoms with Gasteiger partial charge >= 0.3 is 0 Å². The lowest BCUT2D eigenvalue weighted by atomic mass is 9.93. The molecule has 0 radical (unpaired) electrons. The molecule has 0 aliphatic carbocycles. The third-order valence-corrected chi connectivity index (χ3v) is 4.36. The number of hydrogen-bond donors (Lipinski definition) is 1. The molecule has 2 heterocycles. The Morgan fingerprint density at radius 3 is 2.64 bits per heavy atom. The Morgan fingerprint density at radius 1 is 1.28 bits per heavy atom. The highest BCUT2D eigenvalue weighted by Gasteiger charge is 2.34. The predicted octanol–water partition coefficient (Wildman–Crippen LogP) is 2.11. The largest absolute Gasteiger partial charge is 0.340 e. The molecule has 0 bridgehead atoms. The fourth-order valence-electron chi connectivity index (χ4n) is 2.91. The van der Waals surface area contributed by atoms with E-state index in [2.05, 4.69) is 29.3 Å². The van der Waals surface area contributed by atoms with Crippen LogP contribution in [0.3, 0.4) is 0 Å². The van der Waals surface area contributed by atoms with E-state index < -0.39 is 11.9 Å². The molecule has 1 atom stereocenters. The maximum atomic E-state index is 12.5. The summed E-state index contributed by atoms with van der Waals surface area (Å²) in [7, 11) is 0. The number of aromatic nitrogens is 2. The number of hydrogen-bond acceptors (Lipinski definition) is 5. The first kappa shape index (κ1) is 17.1. The summed E-state index contributed by atoms with van der Waals surface area (Å²) in [5.41, 5.74) is 0.856. The molecule has 1 aromatic heterocycles. The van der Waals surface area contributed by atoms with Gasteiger partial charge in [0.25, 0.3) is 17.6 Å². The zero-order valence-corrected chi connectivity index (χ0v) is 14.7. The second-order valence-corrected chi connectivity index (χ2v) is 7.16. The summed E-state index contributed by atoms with van der Waals surface area (Å²) in [4.78, 5) is 30.6. The Bertz CT molecular complexity index is 770. The van der Waals surface area contributed by atoms with Gasteiger partial charge in [0.1, 0.15) is 6.04 Å². The van der Waals surface area contributed by atoms with Gasteiger partial charge in [-0.15, -0.1) is 0 Å². The fourth-order valence-corrected chi connectivity index (χ4v) is 2.91. The van der Waals surface area contributed by atoms with Gasteiger partial charge in [0.05, 0.1) is 0 Å². The summed E-state index contributed by atoms with van der Waals surface area (Å²) in [6, 6.07) is 8.56.